The van der Waals surface area contributed by atoms with E-state index in [2.05, 4.69) is 21.5 Å². The fourth-order valence-electron chi connectivity index (χ4n) is 2.85. The molecule has 1 fully saturated rings. The van der Waals surface area contributed by atoms with E-state index in [9.17, 15) is 10.2 Å². The summed E-state index contributed by atoms with van der Waals surface area (Å²) < 4.78 is 6.94. The van der Waals surface area contributed by atoms with Crippen molar-refractivity contribution in [2.75, 3.05) is 19.5 Å². The maximum absolute atomic E-state index is 10.0. The number of anilines is 1. The summed E-state index contributed by atoms with van der Waals surface area (Å²) in [4.78, 5) is 12.4. The number of methoxy groups -OCH3 is 1. The van der Waals surface area contributed by atoms with Crippen molar-refractivity contribution >= 4 is 17.1 Å². The third-order valence-electron chi connectivity index (χ3n) is 3.97. The Labute approximate surface area is 120 Å². The van der Waals surface area contributed by atoms with Gasteiger partial charge in [-0.2, -0.15) is 9.97 Å². The van der Waals surface area contributed by atoms with Crippen molar-refractivity contribution in [1.29, 1.82) is 0 Å². The van der Waals surface area contributed by atoms with Crippen LogP contribution in [0.4, 0.5) is 5.95 Å². The number of nitrogens with two attached hydrogens (primary N) is 1. The lowest BCUT2D eigenvalue weighted by Gasteiger charge is -2.15. The summed E-state index contributed by atoms with van der Waals surface area (Å²) >= 11 is 0. The molecule has 1 saturated carbocycles. The molecule has 3 atom stereocenters. The molecular formula is C13H17N5O3. The molecule has 0 radical (unpaired) electrons. The van der Waals surface area contributed by atoms with Crippen LogP contribution in [0, 0.1) is 5.92 Å². The number of hydrogen-bond donors (Lipinski definition) is 3. The van der Waals surface area contributed by atoms with Crippen molar-refractivity contribution in [2.24, 2.45) is 5.92 Å². The number of aliphatic hydroxyl groups excluding tert-OH is 2. The first-order chi connectivity index (χ1) is 10.1. The Bertz CT molecular complexity index is 698. The molecule has 8 nitrogen and oxygen atoms in total. The summed E-state index contributed by atoms with van der Waals surface area (Å²) in [6, 6.07) is -0.193. The smallest absolute Gasteiger partial charge is 0.246 e. The lowest BCUT2D eigenvalue weighted by atomic mass is 10.0. The van der Waals surface area contributed by atoms with Crippen LogP contribution in [-0.4, -0.2) is 49.6 Å². The molecule has 0 aliphatic heterocycles. The molecule has 2 heterocycles. The van der Waals surface area contributed by atoms with Crippen LogP contribution in [0.15, 0.2) is 18.5 Å². The standard InChI is InChI=1S/C13H17N5O3/c1-6-7(4-19)9(20)3-8(6)18-5-15-10-11(18)16-13(14)17-12(10)21-2/h5,7-9,19-20H,1,3-4H2,2H3,(H2,14,16,17). The zero-order valence-electron chi connectivity index (χ0n) is 11.6. The second kappa shape index (κ2) is 4.97. The van der Waals surface area contributed by atoms with Gasteiger partial charge in [0.2, 0.25) is 11.8 Å². The Morgan fingerprint density at radius 3 is 2.90 bits per heavy atom. The van der Waals surface area contributed by atoms with Crippen LogP contribution in [0.5, 0.6) is 5.88 Å². The molecule has 0 aromatic carbocycles. The molecule has 1 aliphatic rings. The summed E-state index contributed by atoms with van der Waals surface area (Å²) in [5, 5.41) is 19.4. The van der Waals surface area contributed by atoms with Crippen LogP contribution >= 0.6 is 0 Å². The van der Waals surface area contributed by atoms with Gasteiger partial charge in [0.05, 0.1) is 32.2 Å². The summed E-state index contributed by atoms with van der Waals surface area (Å²) in [6.45, 7) is 3.86. The van der Waals surface area contributed by atoms with Gasteiger partial charge in [0.25, 0.3) is 0 Å². The van der Waals surface area contributed by atoms with Gasteiger partial charge in [0.1, 0.15) is 0 Å². The van der Waals surface area contributed by atoms with Gasteiger partial charge in [-0.15, -0.1) is 0 Å². The van der Waals surface area contributed by atoms with Gasteiger partial charge in [-0.1, -0.05) is 6.58 Å². The van der Waals surface area contributed by atoms with E-state index in [0.29, 0.717) is 23.5 Å². The maximum atomic E-state index is 10.0. The Morgan fingerprint density at radius 1 is 1.52 bits per heavy atom. The van der Waals surface area contributed by atoms with Crippen molar-refractivity contribution in [1.82, 2.24) is 19.5 Å². The Kier molecular flexibility index (Phi) is 3.26. The van der Waals surface area contributed by atoms with Crippen molar-refractivity contribution in [3.63, 3.8) is 0 Å². The summed E-state index contributed by atoms with van der Waals surface area (Å²) in [7, 11) is 1.49. The number of imidazole rings is 1. The molecule has 2 aromatic heterocycles. The molecule has 112 valence electrons. The maximum Gasteiger partial charge on any atom is 0.246 e. The molecular weight excluding hydrogens is 274 g/mol. The first-order valence-corrected chi connectivity index (χ1v) is 6.58. The van der Waals surface area contributed by atoms with Crippen molar-refractivity contribution in [3.8, 4) is 5.88 Å². The molecule has 0 bridgehead atoms. The van der Waals surface area contributed by atoms with E-state index in [-0.39, 0.29) is 24.5 Å². The number of nitrogen functional groups attached to an aromatic ring is 1. The Hall–Kier alpha value is -2.19. The van der Waals surface area contributed by atoms with Gasteiger partial charge in [0, 0.05) is 5.92 Å². The van der Waals surface area contributed by atoms with E-state index in [0.717, 1.165) is 5.57 Å². The molecule has 21 heavy (non-hydrogen) atoms. The molecule has 4 N–H and O–H groups in total. The molecule has 0 saturated heterocycles. The quantitative estimate of drug-likeness (QED) is 0.675. The lowest BCUT2D eigenvalue weighted by molar-refractivity contribution is 0.101. The number of aliphatic hydroxyl groups is 2. The lowest BCUT2D eigenvalue weighted by Crippen LogP contribution is -2.17. The van der Waals surface area contributed by atoms with Crippen molar-refractivity contribution < 1.29 is 14.9 Å². The molecule has 0 amide bonds. The van der Waals surface area contributed by atoms with Crippen LogP contribution in [0.25, 0.3) is 11.2 Å². The number of rotatable bonds is 3. The minimum absolute atomic E-state index is 0.0870. The first kappa shape index (κ1) is 13.8. The van der Waals surface area contributed by atoms with Crippen LogP contribution in [0.1, 0.15) is 12.5 Å². The van der Waals surface area contributed by atoms with E-state index in [4.69, 9.17) is 10.5 Å². The number of fused-ring (bicyclic) bond motifs is 1. The fourth-order valence-corrected chi connectivity index (χ4v) is 2.85. The van der Waals surface area contributed by atoms with E-state index in [1.54, 1.807) is 10.9 Å². The third-order valence-corrected chi connectivity index (χ3v) is 3.97. The van der Waals surface area contributed by atoms with E-state index < -0.39 is 6.10 Å². The van der Waals surface area contributed by atoms with E-state index in [1.807, 2.05) is 0 Å². The minimum atomic E-state index is -0.633. The van der Waals surface area contributed by atoms with Gasteiger partial charge in [-0.3, -0.25) is 0 Å². The SMILES string of the molecule is C=C1C(CO)C(O)CC1n1cnc2c(OC)nc(N)nc21. The monoisotopic (exact) mass is 291 g/mol. The fraction of sp³-hybridized carbons (Fsp3) is 0.462. The van der Waals surface area contributed by atoms with Crippen LogP contribution in [0.2, 0.25) is 0 Å². The number of hydrogen-bond acceptors (Lipinski definition) is 7. The summed E-state index contributed by atoms with van der Waals surface area (Å²) in [6.07, 6.45) is 1.41. The summed E-state index contributed by atoms with van der Waals surface area (Å²) in [5.74, 6) is 0.0524. The first-order valence-electron chi connectivity index (χ1n) is 6.58. The van der Waals surface area contributed by atoms with Gasteiger partial charge in [0.15, 0.2) is 11.2 Å². The zero-order chi connectivity index (χ0) is 15.1. The highest BCUT2D eigenvalue weighted by Crippen LogP contribution is 2.40. The normalized spacial score (nSPS) is 25.7. The van der Waals surface area contributed by atoms with Crippen LogP contribution in [0.3, 0.4) is 0 Å². The highest BCUT2D eigenvalue weighted by Gasteiger charge is 2.38. The average molecular weight is 291 g/mol. The number of ether oxygens (including phenoxy) is 1. The highest BCUT2D eigenvalue weighted by atomic mass is 16.5. The minimum Gasteiger partial charge on any atom is -0.479 e. The van der Waals surface area contributed by atoms with Gasteiger partial charge in [-0.05, 0) is 12.0 Å². The highest BCUT2D eigenvalue weighted by molar-refractivity contribution is 5.77. The molecule has 3 unspecified atom stereocenters. The van der Waals surface area contributed by atoms with Crippen molar-refractivity contribution in [2.45, 2.75) is 18.6 Å². The third kappa shape index (κ3) is 2.03. The Morgan fingerprint density at radius 2 is 2.29 bits per heavy atom. The second-order valence-corrected chi connectivity index (χ2v) is 5.10. The second-order valence-electron chi connectivity index (χ2n) is 5.10. The number of aromatic nitrogens is 4. The van der Waals surface area contributed by atoms with Gasteiger partial charge >= 0.3 is 0 Å². The van der Waals surface area contributed by atoms with E-state index in [1.165, 1.54) is 7.11 Å². The Balaban J connectivity index is 2.10. The molecule has 0 spiro atoms. The predicted octanol–water partition coefficient (Wildman–Crippen LogP) is -0.113. The predicted molar refractivity (Wildman–Crippen MR) is 75.7 cm³/mol. The zero-order valence-corrected chi connectivity index (χ0v) is 11.6. The summed E-state index contributed by atoms with van der Waals surface area (Å²) in [5.41, 5.74) is 7.46. The molecule has 1 aliphatic carbocycles. The van der Waals surface area contributed by atoms with Gasteiger partial charge in [-0.25, -0.2) is 4.98 Å². The van der Waals surface area contributed by atoms with E-state index >= 15 is 0 Å². The van der Waals surface area contributed by atoms with Crippen LogP contribution < -0.4 is 10.5 Å². The van der Waals surface area contributed by atoms with Crippen LogP contribution in [-0.2, 0) is 0 Å². The van der Waals surface area contributed by atoms with Crippen molar-refractivity contribution in [3.05, 3.63) is 18.5 Å². The van der Waals surface area contributed by atoms with Gasteiger partial charge < -0.3 is 25.3 Å². The topological polar surface area (TPSA) is 119 Å². The largest absolute Gasteiger partial charge is 0.479 e. The molecule has 3 rings (SSSR count). The molecule has 8 heteroatoms. The average Bonchev–Trinajstić information content (AvgIpc) is 2.99. The number of nitrogens with zero attached hydrogens (tertiary/aromatic N) is 4. The molecule has 2 aromatic rings.